The lowest BCUT2D eigenvalue weighted by Gasteiger charge is -2.10. The molecule has 0 spiro atoms. The van der Waals surface area contributed by atoms with Crippen LogP contribution in [0.2, 0.25) is 5.02 Å². The highest BCUT2D eigenvalue weighted by molar-refractivity contribution is 7.89. The molecule has 0 atom stereocenters. The van der Waals surface area contributed by atoms with Gasteiger partial charge in [-0.25, -0.2) is 13.1 Å². The smallest absolute Gasteiger partial charge is 0.240 e. The van der Waals surface area contributed by atoms with Gasteiger partial charge in [0.25, 0.3) is 0 Å². The molecule has 1 N–H and O–H groups in total. The van der Waals surface area contributed by atoms with Gasteiger partial charge in [0.15, 0.2) is 0 Å². The van der Waals surface area contributed by atoms with E-state index in [-0.39, 0.29) is 11.4 Å². The third-order valence-corrected chi connectivity index (χ3v) is 4.67. The Morgan fingerprint density at radius 1 is 1.00 bits per heavy atom. The van der Waals surface area contributed by atoms with Gasteiger partial charge in [0.2, 0.25) is 10.0 Å². The normalized spacial score (nSPS) is 11.2. The molecule has 0 amide bonds. The van der Waals surface area contributed by atoms with E-state index in [1.165, 1.54) is 38.5 Å². The SMILES string of the molecule is COc1cc(CNS(=O)(=O)c2ccc(Cl)cc2)cc(OC)c1. The fourth-order valence-corrected chi connectivity index (χ4v) is 2.99. The number of rotatable bonds is 6. The topological polar surface area (TPSA) is 64.6 Å². The Balaban J connectivity index is 2.16. The van der Waals surface area contributed by atoms with Crippen molar-refractivity contribution < 1.29 is 17.9 Å². The maximum Gasteiger partial charge on any atom is 0.240 e. The fourth-order valence-electron chi connectivity index (χ4n) is 1.84. The van der Waals surface area contributed by atoms with Crippen molar-refractivity contribution in [2.45, 2.75) is 11.4 Å². The summed E-state index contributed by atoms with van der Waals surface area (Å²) in [4.78, 5) is 0.159. The van der Waals surface area contributed by atoms with E-state index in [9.17, 15) is 8.42 Å². The zero-order valence-corrected chi connectivity index (χ0v) is 13.7. The van der Waals surface area contributed by atoms with Crippen LogP contribution in [0.4, 0.5) is 0 Å². The monoisotopic (exact) mass is 341 g/mol. The molecule has 2 aromatic carbocycles. The number of halogens is 1. The van der Waals surface area contributed by atoms with Gasteiger partial charge in [-0.3, -0.25) is 0 Å². The number of ether oxygens (including phenoxy) is 2. The zero-order valence-electron chi connectivity index (χ0n) is 12.2. The molecule has 22 heavy (non-hydrogen) atoms. The Morgan fingerprint density at radius 3 is 2.05 bits per heavy atom. The van der Waals surface area contributed by atoms with E-state index in [0.29, 0.717) is 16.5 Å². The second kappa shape index (κ2) is 7.00. The lowest BCUT2D eigenvalue weighted by Crippen LogP contribution is -2.23. The molecule has 0 saturated heterocycles. The molecule has 0 heterocycles. The van der Waals surface area contributed by atoms with Crippen LogP contribution in [0.3, 0.4) is 0 Å². The van der Waals surface area contributed by atoms with Gasteiger partial charge >= 0.3 is 0 Å². The first-order chi connectivity index (χ1) is 10.4. The lowest BCUT2D eigenvalue weighted by molar-refractivity contribution is 0.393. The molecule has 2 rings (SSSR count). The number of hydrogen-bond acceptors (Lipinski definition) is 4. The van der Waals surface area contributed by atoms with Crippen LogP contribution >= 0.6 is 11.6 Å². The van der Waals surface area contributed by atoms with E-state index in [2.05, 4.69) is 4.72 Å². The molecule has 0 aliphatic rings. The Kier molecular flexibility index (Phi) is 5.28. The summed E-state index contributed by atoms with van der Waals surface area (Å²) >= 11 is 5.76. The first kappa shape index (κ1) is 16.6. The summed E-state index contributed by atoms with van der Waals surface area (Å²) in [5.74, 6) is 1.19. The minimum atomic E-state index is -3.60. The van der Waals surface area contributed by atoms with E-state index in [0.717, 1.165) is 5.56 Å². The molecule has 118 valence electrons. The Labute approximate surface area is 134 Å². The molecule has 0 aliphatic carbocycles. The minimum absolute atomic E-state index is 0.124. The van der Waals surface area contributed by atoms with Crippen molar-refractivity contribution >= 4 is 21.6 Å². The summed E-state index contributed by atoms with van der Waals surface area (Å²) in [6, 6.07) is 11.2. The summed E-state index contributed by atoms with van der Waals surface area (Å²) in [6.07, 6.45) is 0. The second-order valence-electron chi connectivity index (χ2n) is 4.50. The predicted molar refractivity (Wildman–Crippen MR) is 85.0 cm³/mol. The van der Waals surface area contributed by atoms with E-state index in [4.69, 9.17) is 21.1 Å². The number of hydrogen-bond donors (Lipinski definition) is 1. The number of nitrogens with one attached hydrogen (secondary N) is 1. The third kappa shape index (κ3) is 4.13. The van der Waals surface area contributed by atoms with Crippen LogP contribution in [0.1, 0.15) is 5.56 Å². The van der Waals surface area contributed by atoms with Gasteiger partial charge < -0.3 is 9.47 Å². The Morgan fingerprint density at radius 2 is 1.55 bits per heavy atom. The maximum atomic E-state index is 12.2. The van der Waals surface area contributed by atoms with Gasteiger partial charge in [-0.05, 0) is 42.0 Å². The average Bonchev–Trinajstić information content (AvgIpc) is 2.53. The summed E-state index contributed by atoms with van der Waals surface area (Å²) in [7, 11) is -0.528. The number of benzene rings is 2. The molecule has 0 aliphatic heterocycles. The van der Waals surface area contributed by atoms with Gasteiger partial charge in [0.05, 0.1) is 19.1 Å². The highest BCUT2D eigenvalue weighted by Gasteiger charge is 2.14. The Bertz CT molecular complexity index is 722. The molecule has 2 aromatic rings. The molecule has 0 saturated carbocycles. The van der Waals surface area contributed by atoms with Crippen molar-refractivity contribution in [3.63, 3.8) is 0 Å². The first-order valence-electron chi connectivity index (χ1n) is 6.42. The largest absolute Gasteiger partial charge is 0.497 e. The lowest BCUT2D eigenvalue weighted by atomic mass is 10.2. The molecule has 0 fully saturated rings. The first-order valence-corrected chi connectivity index (χ1v) is 8.28. The Hall–Kier alpha value is -1.76. The molecular formula is C15H16ClNO4S. The van der Waals surface area contributed by atoms with Crippen molar-refractivity contribution in [1.82, 2.24) is 4.72 Å². The predicted octanol–water partition coefficient (Wildman–Crippen LogP) is 2.84. The van der Waals surface area contributed by atoms with Crippen LogP contribution in [0, 0.1) is 0 Å². The van der Waals surface area contributed by atoms with Crippen molar-refractivity contribution in [2.24, 2.45) is 0 Å². The third-order valence-electron chi connectivity index (χ3n) is 3.00. The van der Waals surface area contributed by atoms with E-state index >= 15 is 0 Å². The van der Waals surface area contributed by atoms with Crippen molar-refractivity contribution in [3.8, 4) is 11.5 Å². The van der Waals surface area contributed by atoms with Crippen LogP contribution in [0.5, 0.6) is 11.5 Å². The molecule has 0 radical (unpaired) electrons. The average molecular weight is 342 g/mol. The van der Waals surface area contributed by atoms with Crippen LogP contribution in [0.15, 0.2) is 47.4 Å². The van der Waals surface area contributed by atoms with Crippen LogP contribution in [-0.4, -0.2) is 22.6 Å². The molecule has 0 unspecified atom stereocenters. The maximum absolute atomic E-state index is 12.2. The molecule has 0 aromatic heterocycles. The van der Waals surface area contributed by atoms with Gasteiger partial charge in [0.1, 0.15) is 11.5 Å². The van der Waals surface area contributed by atoms with Gasteiger partial charge in [0, 0.05) is 17.6 Å². The van der Waals surface area contributed by atoms with Crippen molar-refractivity contribution in [1.29, 1.82) is 0 Å². The van der Waals surface area contributed by atoms with Gasteiger partial charge in [-0.2, -0.15) is 0 Å². The van der Waals surface area contributed by atoms with E-state index in [1.54, 1.807) is 18.2 Å². The number of methoxy groups -OCH3 is 2. The van der Waals surface area contributed by atoms with Crippen LogP contribution < -0.4 is 14.2 Å². The molecule has 0 bridgehead atoms. The minimum Gasteiger partial charge on any atom is -0.497 e. The van der Waals surface area contributed by atoms with Gasteiger partial charge in [-0.1, -0.05) is 11.6 Å². The summed E-state index contributed by atoms with van der Waals surface area (Å²) < 4.78 is 37.3. The molecular weight excluding hydrogens is 326 g/mol. The van der Waals surface area contributed by atoms with E-state index in [1.807, 2.05) is 0 Å². The quantitative estimate of drug-likeness (QED) is 0.877. The zero-order chi connectivity index (χ0) is 16.2. The van der Waals surface area contributed by atoms with E-state index < -0.39 is 10.0 Å². The summed E-state index contributed by atoms with van der Waals surface area (Å²) in [6.45, 7) is 0.124. The fraction of sp³-hybridized carbons (Fsp3) is 0.200. The summed E-state index contributed by atoms with van der Waals surface area (Å²) in [5, 5.41) is 0.483. The van der Waals surface area contributed by atoms with Crippen molar-refractivity contribution in [2.75, 3.05) is 14.2 Å². The van der Waals surface area contributed by atoms with Gasteiger partial charge in [-0.15, -0.1) is 0 Å². The molecule has 5 nitrogen and oxygen atoms in total. The highest BCUT2D eigenvalue weighted by atomic mass is 35.5. The van der Waals surface area contributed by atoms with Crippen molar-refractivity contribution in [3.05, 3.63) is 53.1 Å². The summed E-state index contributed by atoms with van der Waals surface area (Å²) in [5.41, 5.74) is 0.730. The second-order valence-corrected chi connectivity index (χ2v) is 6.70. The number of sulfonamides is 1. The van der Waals surface area contributed by atoms with Crippen LogP contribution in [-0.2, 0) is 16.6 Å². The van der Waals surface area contributed by atoms with Crippen LogP contribution in [0.25, 0.3) is 0 Å². The highest BCUT2D eigenvalue weighted by Crippen LogP contribution is 2.23. The molecule has 7 heteroatoms. The standard InChI is InChI=1S/C15H16ClNO4S/c1-20-13-7-11(8-14(9-13)21-2)10-17-22(18,19)15-5-3-12(16)4-6-15/h3-9,17H,10H2,1-2H3.